The highest BCUT2D eigenvalue weighted by Crippen LogP contribution is 2.21. The zero-order chi connectivity index (χ0) is 14.4. The molecule has 1 aliphatic rings. The quantitative estimate of drug-likeness (QED) is 0.745. The second-order valence-electron chi connectivity index (χ2n) is 5.37. The number of nitrogens with one attached hydrogen (secondary N) is 1. The Labute approximate surface area is 121 Å². The largest absolute Gasteiger partial charge is 0.365 e. The Balaban J connectivity index is 1.61. The number of hydrogen-bond donors (Lipinski definition) is 1. The molecule has 1 unspecified atom stereocenters. The van der Waals surface area contributed by atoms with Gasteiger partial charge in [0.1, 0.15) is 23.8 Å². The van der Waals surface area contributed by atoms with Crippen LogP contribution in [0.15, 0.2) is 12.5 Å². The summed E-state index contributed by atoms with van der Waals surface area (Å²) >= 11 is 0. The Morgan fingerprint density at radius 2 is 2.24 bits per heavy atom. The molecule has 0 aromatic carbocycles. The minimum absolute atomic E-state index is 0.289. The molecule has 0 fully saturated rings. The summed E-state index contributed by atoms with van der Waals surface area (Å²) < 4.78 is 3.74. The van der Waals surface area contributed by atoms with Crippen molar-refractivity contribution in [3.63, 3.8) is 0 Å². The fourth-order valence-electron chi connectivity index (χ4n) is 2.82. The van der Waals surface area contributed by atoms with Gasteiger partial charge in [0.25, 0.3) is 0 Å². The first-order valence-electron chi connectivity index (χ1n) is 7.00. The summed E-state index contributed by atoms with van der Waals surface area (Å²) in [5.74, 6) is 2.74. The second kappa shape index (κ2) is 4.51. The van der Waals surface area contributed by atoms with Crippen molar-refractivity contribution < 1.29 is 0 Å². The molecule has 108 valence electrons. The fraction of sp³-hybridized carbons (Fsp3) is 0.462. The molecule has 1 atom stereocenters. The summed E-state index contributed by atoms with van der Waals surface area (Å²) in [4.78, 5) is 13.0. The summed E-state index contributed by atoms with van der Waals surface area (Å²) in [6.07, 6.45) is 5.31. The highest BCUT2D eigenvalue weighted by atomic mass is 15.4. The van der Waals surface area contributed by atoms with E-state index in [1.54, 1.807) is 17.2 Å². The molecule has 3 aromatic rings. The highest BCUT2D eigenvalue weighted by molar-refractivity contribution is 5.86. The smallest absolute Gasteiger partial charge is 0.163 e. The number of aromatic nitrogens is 7. The van der Waals surface area contributed by atoms with Gasteiger partial charge in [-0.25, -0.2) is 19.6 Å². The van der Waals surface area contributed by atoms with Gasteiger partial charge in [-0.3, -0.25) is 4.68 Å². The maximum Gasteiger partial charge on any atom is 0.163 e. The molecule has 4 rings (SSSR count). The second-order valence-corrected chi connectivity index (χ2v) is 5.37. The van der Waals surface area contributed by atoms with Gasteiger partial charge in [-0.1, -0.05) is 0 Å². The van der Waals surface area contributed by atoms with Crippen LogP contribution in [0.25, 0.3) is 11.0 Å². The zero-order valence-electron chi connectivity index (χ0n) is 12.0. The first kappa shape index (κ1) is 12.2. The Morgan fingerprint density at radius 3 is 3.14 bits per heavy atom. The first-order chi connectivity index (χ1) is 10.2. The Morgan fingerprint density at radius 1 is 1.33 bits per heavy atom. The number of aryl methyl sites for hydroxylation is 3. The van der Waals surface area contributed by atoms with Gasteiger partial charge in [-0.05, 0) is 13.3 Å². The molecular formula is C13H16N8. The average Bonchev–Trinajstić information content (AvgIpc) is 3.02. The summed E-state index contributed by atoms with van der Waals surface area (Å²) in [5.41, 5.74) is 0.834. The predicted molar refractivity (Wildman–Crippen MR) is 76.8 cm³/mol. The topological polar surface area (TPSA) is 86.3 Å². The van der Waals surface area contributed by atoms with E-state index in [4.69, 9.17) is 0 Å². The van der Waals surface area contributed by atoms with Gasteiger partial charge in [0, 0.05) is 19.5 Å². The van der Waals surface area contributed by atoms with Crippen LogP contribution in [0.4, 0.5) is 5.82 Å². The molecular weight excluding hydrogens is 268 g/mol. The van der Waals surface area contributed by atoms with Crippen LogP contribution in [0.2, 0.25) is 0 Å². The van der Waals surface area contributed by atoms with Crippen molar-refractivity contribution in [2.75, 3.05) is 5.32 Å². The average molecular weight is 284 g/mol. The minimum Gasteiger partial charge on any atom is -0.365 e. The lowest BCUT2D eigenvalue weighted by Gasteiger charge is -2.24. The van der Waals surface area contributed by atoms with E-state index in [-0.39, 0.29) is 6.04 Å². The maximum atomic E-state index is 4.43. The molecule has 8 nitrogen and oxygen atoms in total. The molecule has 1 aliphatic heterocycles. The van der Waals surface area contributed by atoms with Crippen LogP contribution in [0.1, 0.15) is 18.1 Å². The van der Waals surface area contributed by atoms with Crippen LogP contribution < -0.4 is 5.32 Å². The highest BCUT2D eigenvalue weighted by Gasteiger charge is 2.22. The van der Waals surface area contributed by atoms with Crippen molar-refractivity contribution in [3.05, 3.63) is 24.2 Å². The van der Waals surface area contributed by atoms with E-state index in [1.165, 1.54) is 0 Å². The SMILES string of the molecule is Cc1nc2n(n1)CC(Nc1ncnc3c1cnn3C)CC2. The van der Waals surface area contributed by atoms with Crippen molar-refractivity contribution in [1.82, 2.24) is 34.5 Å². The van der Waals surface area contributed by atoms with E-state index in [9.17, 15) is 0 Å². The molecule has 21 heavy (non-hydrogen) atoms. The van der Waals surface area contributed by atoms with Crippen LogP contribution in [0.5, 0.6) is 0 Å². The molecule has 0 saturated heterocycles. The number of anilines is 1. The van der Waals surface area contributed by atoms with Crippen molar-refractivity contribution >= 4 is 16.9 Å². The summed E-state index contributed by atoms with van der Waals surface area (Å²) in [6, 6.07) is 0.289. The standard InChI is InChI=1S/C13H16N8/c1-8-17-11-4-3-9(6-21(11)19-8)18-12-10-5-16-20(2)13(10)15-7-14-12/h5,7,9H,3-4,6H2,1-2H3,(H,14,15,18). The normalized spacial score (nSPS) is 17.9. The molecule has 0 bridgehead atoms. The molecule has 0 saturated carbocycles. The minimum atomic E-state index is 0.289. The summed E-state index contributed by atoms with van der Waals surface area (Å²) in [5, 5.41) is 13.1. The van der Waals surface area contributed by atoms with E-state index >= 15 is 0 Å². The number of rotatable bonds is 2. The van der Waals surface area contributed by atoms with Gasteiger partial charge in [0.05, 0.1) is 18.1 Å². The Kier molecular flexibility index (Phi) is 2.63. The molecule has 0 aliphatic carbocycles. The van der Waals surface area contributed by atoms with Crippen LogP contribution in [0.3, 0.4) is 0 Å². The van der Waals surface area contributed by atoms with Gasteiger partial charge < -0.3 is 5.32 Å². The lowest BCUT2D eigenvalue weighted by atomic mass is 10.1. The third-order valence-corrected chi connectivity index (χ3v) is 3.83. The number of nitrogens with zero attached hydrogens (tertiary/aromatic N) is 7. The predicted octanol–water partition coefficient (Wildman–Crippen LogP) is 0.690. The molecule has 0 radical (unpaired) electrons. The molecule has 0 amide bonds. The third-order valence-electron chi connectivity index (χ3n) is 3.83. The lowest BCUT2D eigenvalue weighted by Crippen LogP contribution is -2.32. The van der Waals surface area contributed by atoms with E-state index in [2.05, 4.69) is 30.5 Å². The lowest BCUT2D eigenvalue weighted by molar-refractivity contribution is 0.440. The van der Waals surface area contributed by atoms with Crippen LogP contribution >= 0.6 is 0 Å². The molecule has 4 heterocycles. The molecule has 8 heteroatoms. The van der Waals surface area contributed by atoms with Gasteiger partial charge in [-0.15, -0.1) is 0 Å². The van der Waals surface area contributed by atoms with E-state index < -0.39 is 0 Å². The van der Waals surface area contributed by atoms with Crippen LogP contribution in [0, 0.1) is 6.92 Å². The fourth-order valence-corrected chi connectivity index (χ4v) is 2.82. The maximum absolute atomic E-state index is 4.43. The van der Waals surface area contributed by atoms with E-state index in [0.29, 0.717) is 0 Å². The van der Waals surface area contributed by atoms with E-state index in [0.717, 1.165) is 47.9 Å². The van der Waals surface area contributed by atoms with Crippen molar-refractivity contribution in [2.24, 2.45) is 7.05 Å². The van der Waals surface area contributed by atoms with Gasteiger partial charge >= 0.3 is 0 Å². The van der Waals surface area contributed by atoms with Gasteiger partial charge in [0.2, 0.25) is 0 Å². The van der Waals surface area contributed by atoms with Crippen LogP contribution in [-0.2, 0) is 20.0 Å². The number of fused-ring (bicyclic) bond motifs is 2. The monoisotopic (exact) mass is 284 g/mol. The molecule has 0 spiro atoms. The van der Waals surface area contributed by atoms with Crippen molar-refractivity contribution in [1.29, 1.82) is 0 Å². The van der Waals surface area contributed by atoms with E-state index in [1.807, 2.05) is 18.7 Å². The first-order valence-corrected chi connectivity index (χ1v) is 7.00. The zero-order valence-corrected chi connectivity index (χ0v) is 12.0. The Bertz CT molecular complexity index is 802. The van der Waals surface area contributed by atoms with Crippen molar-refractivity contribution in [3.8, 4) is 0 Å². The van der Waals surface area contributed by atoms with Crippen molar-refractivity contribution in [2.45, 2.75) is 32.4 Å². The van der Waals surface area contributed by atoms with Crippen LogP contribution in [-0.4, -0.2) is 40.6 Å². The Hall–Kier alpha value is -2.51. The van der Waals surface area contributed by atoms with Gasteiger partial charge in [-0.2, -0.15) is 10.2 Å². The molecule has 3 aromatic heterocycles. The molecule has 1 N–H and O–H groups in total. The number of hydrogen-bond acceptors (Lipinski definition) is 6. The third kappa shape index (κ3) is 2.03. The summed E-state index contributed by atoms with van der Waals surface area (Å²) in [7, 11) is 1.88. The summed E-state index contributed by atoms with van der Waals surface area (Å²) in [6.45, 7) is 2.74. The van der Waals surface area contributed by atoms with Gasteiger partial charge in [0.15, 0.2) is 5.65 Å².